The van der Waals surface area contributed by atoms with Gasteiger partial charge in [0.2, 0.25) is 0 Å². The van der Waals surface area contributed by atoms with E-state index < -0.39 is 0 Å². The largest absolute Gasteiger partial charge is 0.271 e. The first-order valence-corrected chi connectivity index (χ1v) is 7.67. The number of nitrogens with two attached hydrogens (primary N) is 1. The molecule has 17 heavy (non-hydrogen) atoms. The zero-order valence-corrected chi connectivity index (χ0v) is 13.3. The average molecular weight is 397 g/mol. The number of nitrogens with one attached hydrogen (secondary N) is 1. The Balaban J connectivity index is 2.50. The second kappa shape index (κ2) is 5.82. The summed E-state index contributed by atoms with van der Waals surface area (Å²) in [5.41, 5.74) is 4.83. The second-order valence-electron chi connectivity index (χ2n) is 3.42. The fourth-order valence-corrected chi connectivity index (χ4v) is 3.76. The molecule has 1 aromatic heterocycles. The van der Waals surface area contributed by atoms with Crippen LogP contribution in [0, 0.1) is 0 Å². The Morgan fingerprint density at radius 2 is 1.94 bits per heavy atom. The summed E-state index contributed by atoms with van der Waals surface area (Å²) < 4.78 is 1.89. The molecule has 0 aliphatic carbocycles. The predicted octanol–water partition coefficient (Wildman–Crippen LogP) is 4.48. The number of hydrogen-bond donors (Lipinski definition) is 2. The van der Waals surface area contributed by atoms with Crippen molar-refractivity contribution < 1.29 is 0 Å². The summed E-state index contributed by atoms with van der Waals surface area (Å²) in [5, 5.41) is 4.74. The summed E-state index contributed by atoms with van der Waals surface area (Å²) in [7, 11) is 0. The highest BCUT2D eigenvalue weighted by Gasteiger charge is 2.19. The zero-order chi connectivity index (χ0) is 12.4. The number of rotatable bonds is 3. The molecule has 0 saturated heterocycles. The molecule has 0 saturated carbocycles. The van der Waals surface area contributed by atoms with Crippen LogP contribution in [0.3, 0.4) is 0 Å². The van der Waals surface area contributed by atoms with Gasteiger partial charge in [-0.05, 0) is 54.4 Å². The van der Waals surface area contributed by atoms with Gasteiger partial charge in [-0.25, -0.2) is 5.43 Å². The van der Waals surface area contributed by atoms with E-state index in [4.69, 9.17) is 17.4 Å². The molecule has 1 unspecified atom stereocenters. The van der Waals surface area contributed by atoms with E-state index in [0.29, 0.717) is 5.02 Å². The van der Waals surface area contributed by atoms with Crippen molar-refractivity contribution in [3.8, 4) is 0 Å². The van der Waals surface area contributed by atoms with Crippen molar-refractivity contribution in [2.45, 2.75) is 6.04 Å². The van der Waals surface area contributed by atoms with E-state index >= 15 is 0 Å². The first-order valence-electron chi connectivity index (χ1n) is 4.76. The van der Waals surface area contributed by atoms with Crippen molar-refractivity contribution in [3.05, 3.63) is 54.1 Å². The predicted molar refractivity (Wildman–Crippen MR) is 80.3 cm³/mol. The van der Waals surface area contributed by atoms with E-state index in [1.165, 1.54) is 0 Å². The molecule has 1 aromatic carbocycles. The number of hydrazine groups is 1. The van der Waals surface area contributed by atoms with Gasteiger partial charge in [0.15, 0.2) is 0 Å². The third kappa shape index (κ3) is 2.75. The molecule has 6 heteroatoms. The molecule has 0 fully saturated rings. The summed E-state index contributed by atoms with van der Waals surface area (Å²) in [4.78, 5) is 0. The molecule has 0 radical (unpaired) electrons. The van der Waals surface area contributed by atoms with Crippen molar-refractivity contribution in [3.63, 3.8) is 0 Å². The van der Waals surface area contributed by atoms with Crippen LogP contribution in [0.25, 0.3) is 0 Å². The summed E-state index contributed by atoms with van der Waals surface area (Å²) in [6.45, 7) is 0. The fourth-order valence-electron chi connectivity index (χ4n) is 1.59. The topological polar surface area (TPSA) is 38.0 Å². The van der Waals surface area contributed by atoms with Crippen molar-refractivity contribution >= 4 is 54.8 Å². The lowest BCUT2D eigenvalue weighted by molar-refractivity contribution is 0.636. The third-order valence-electron chi connectivity index (χ3n) is 2.41. The van der Waals surface area contributed by atoms with Crippen molar-refractivity contribution in [1.82, 2.24) is 5.43 Å². The minimum atomic E-state index is -0.124. The highest BCUT2D eigenvalue weighted by molar-refractivity contribution is 9.10. The van der Waals surface area contributed by atoms with Gasteiger partial charge in [-0.2, -0.15) is 11.3 Å². The molecule has 1 atom stereocenters. The van der Waals surface area contributed by atoms with Crippen LogP contribution < -0.4 is 11.3 Å². The number of thiophene rings is 1. The number of hydrogen-bond acceptors (Lipinski definition) is 3. The fraction of sp³-hybridized carbons (Fsp3) is 0.0909. The molecule has 3 N–H and O–H groups in total. The summed E-state index contributed by atoms with van der Waals surface area (Å²) in [6.07, 6.45) is 0. The van der Waals surface area contributed by atoms with Crippen LogP contribution in [0.2, 0.25) is 5.02 Å². The molecule has 0 aliphatic heterocycles. The molecule has 2 rings (SSSR count). The van der Waals surface area contributed by atoms with Gasteiger partial charge in [0.1, 0.15) is 0 Å². The maximum atomic E-state index is 6.28. The van der Waals surface area contributed by atoms with Crippen molar-refractivity contribution in [2.24, 2.45) is 5.84 Å². The van der Waals surface area contributed by atoms with E-state index in [1.807, 2.05) is 29.0 Å². The lowest BCUT2D eigenvalue weighted by Gasteiger charge is -2.18. The van der Waals surface area contributed by atoms with E-state index in [0.717, 1.165) is 20.1 Å². The lowest BCUT2D eigenvalue weighted by Crippen LogP contribution is -2.29. The first kappa shape index (κ1) is 13.5. The third-order valence-corrected chi connectivity index (χ3v) is 5.47. The van der Waals surface area contributed by atoms with E-state index in [2.05, 4.69) is 37.3 Å². The average Bonchev–Trinajstić information content (AvgIpc) is 2.72. The van der Waals surface area contributed by atoms with Gasteiger partial charge in [-0.3, -0.25) is 5.84 Å². The summed E-state index contributed by atoms with van der Waals surface area (Å²) in [6, 6.07) is 5.68. The molecule has 2 nitrogen and oxygen atoms in total. The van der Waals surface area contributed by atoms with Crippen LogP contribution in [0.4, 0.5) is 0 Å². The van der Waals surface area contributed by atoms with Crippen LogP contribution in [0.15, 0.2) is 37.9 Å². The highest BCUT2D eigenvalue weighted by atomic mass is 79.9. The first-order chi connectivity index (χ1) is 8.15. The maximum absolute atomic E-state index is 6.28. The molecular weight excluding hydrogens is 387 g/mol. The monoisotopic (exact) mass is 394 g/mol. The lowest BCUT2D eigenvalue weighted by atomic mass is 10.0. The number of benzene rings is 1. The second-order valence-corrected chi connectivity index (χ2v) is 6.25. The Hall–Kier alpha value is 0.0900. The van der Waals surface area contributed by atoms with Crippen LogP contribution in [0.5, 0.6) is 0 Å². The Labute approximate surface area is 125 Å². The summed E-state index contributed by atoms with van der Waals surface area (Å²) >= 11 is 14.8. The van der Waals surface area contributed by atoms with Gasteiger partial charge in [0.05, 0.1) is 11.1 Å². The highest BCUT2D eigenvalue weighted by Crippen LogP contribution is 2.36. The zero-order valence-electron chi connectivity index (χ0n) is 8.58. The van der Waals surface area contributed by atoms with Gasteiger partial charge in [-0.15, -0.1) is 0 Å². The molecular formula is C11H9Br2ClN2S. The van der Waals surface area contributed by atoms with Gasteiger partial charge < -0.3 is 0 Å². The molecule has 0 amide bonds. The van der Waals surface area contributed by atoms with Crippen LogP contribution in [-0.2, 0) is 0 Å². The Morgan fingerprint density at radius 1 is 1.18 bits per heavy atom. The number of halogens is 3. The van der Waals surface area contributed by atoms with Crippen molar-refractivity contribution in [1.29, 1.82) is 0 Å². The standard InChI is InChI=1S/C11H9Br2ClN2S/c12-8-3-1-2-6(10(8)14)11(16-15)7-4-17-5-9(7)13/h1-5,11,16H,15H2. The van der Waals surface area contributed by atoms with Gasteiger partial charge in [0, 0.05) is 14.3 Å². The van der Waals surface area contributed by atoms with E-state index in [-0.39, 0.29) is 6.04 Å². The molecule has 0 bridgehead atoms. The van der Waals surface area contributed by atoms with Gasteiger partial charge >= 0.3 is 0 Å². The normalized spacial score (nSPS) is 12.7. The van der Waals surface area contributed by atoms with Crippen LogP contribution in [-0.4, -0.2) is 0 Å². The van der Waals surface area contributed by atoms with E-state index in [9.17, 15) is 0 Å². The molecule has 2 aromatic rings. The van der Waals surface area contributed by atoms with E-state index in [1.54, 1.807) is 11.3 Å². The Kier molecular flexibility index (Phi) is 4.63. The minimum Gasteiger partial charge on any atom is -0.271 e. The smallest absolute Gasteiger partial charge is 0.0743 e. The summed E-state index contributed by atoms with van der Waals surface area (Å²) in [5.74, 6) is 5.64. The van der Waals surface area contributed by atoms with Gasteiger partial charge in [-0.1, -0.05) is 23.7 Å². The molecule has 90 valence electrons. The SMILES string of the molecule is NNC(c1cscc1Br)c1cccc(Br)c1Cl. The Bertz CT molecular complexity index is 530. The molecule has 1 heterocycles. The quantitative estimate of drug-likeness (QED) is 0.593. The van der Waals surface area contributed by atoms with Gasteiger partial charge in [0.25, 0.3) is 0 Å². The van der Waals surface area contributed by atoms with Crippen LogP contribution in [0.1, 0.15) is 17.2 Å². The molecule has 0 aliphatic rings. The van der Waals surface area contributed by atoms with Crippen LogP contribution >= 0.6 is 54.8 Å². The molecule has 0 spiro atoms. The van der Waals surface area contributed by atoms with Crippen molar-refractivity contribution in [2.75, 3.05) is 0 Å². The maximum Gasteiger partial charge on any atom is 0.0743 e. The Morgan fingerprint density at radius 3 is 2.53 bits per heavy atom. The minimum absolute atomic E-state index is 0.124.